The second kappa shape index (κ2) is 8.45. The van der Waals surface area contributed by atoms with Crippen LogP contribution in [0.15, 0.2) is 65.7 Å². The molecule has 0 aliphatic carbocycles. The molecule has 0 unspecified atom stereocenters. The van der Waals surface area contributed by atoms with Crippen LogP contribution in [0.4, 0.5) is 5.82 Å². The monoisotopic (exact) mass is 425 g/mol. The Kier molecular flexibility index (Phi) is 5.98. The van der Waals surface area contributed by atoms with Crippen molar-refractivity contribution in [1.82, 2.24) is 9.88 Å². The third-order valence-electron chi connectivity index (χ3n) is 4.21. The molecule has 0 bridgehead atoms. The van der Waals surface area contributed by atoms with Gasteiger partial charge in [-0.2, -0.15) is 5.26 Å². The average molecular weight is 426 g/mol. The van der Waals surface area contributed by atoms with Gasteiger partial charge in [0.15, 0.2) is 5.11 Å². The Morgan fingerprint density at radius 1 is 1.17 bits per heavy atom. The van der Waals surface area contributed by atoms with Crippen LogP contribution in [0.2, 0.25) is 0 Å². The molecule has 0 spiro atoms. The molecule has 148 valence electrons. The predicted octanol–water partition coefficient (Wildman–Crippen LogP) is 2.97. The highest BCUT2D eigenvalue weighted by molar-refractivity contribution is 7.89. The molecular weight excluding hydrogens is 406 g/mol. The van der Waals surface area contributed by atoms with Gasteiger partial charge in [0.25, 0.3) is 0 Å². The third-order valence-corrected chi connectivity index (χ3v) is 5.39. The summed E-state index contributed by atoms with van der Waals surface area (Å²) in [5, 5.41) is 21.5. The van der Waals surface area contributed by atoms with Gasteiger partial charge in [-0.3, -0.25) is 0 Å². The lowest BCUT2D eigenvalue weighted by Crippen LogP contribution is -2.29. The largest absolute Gasteiger partial charge is 0.363 e. The number of nitrogens with one attached hydrogen (secondary N) is 2. The molecule has 0 radical (unpaired) electrons. The van der Waals surface area contributed by atoms with Crippen LogP contribution in [0.1, 0.15) is 12.5 Å². The fraction of sp³-hybridized carbons (Fsp3) is 0.100. The summed E-state index contributed by atoms with van der Waals surface area (Å²) in [5.74, 6) is 0.487. The van der Waals surface area contributed by atoms with E-state index < -0.39 is 10.0 Å². The van der Waals surface area contributed by atoms with Crippen LogP contribution in [0.3, 0.4) is 0 Å². The van der Waals surface area contributed by atoms with Gasteiger partial charge in [0.1, 0.15) is 17.5 Å². The zero-order chi connectivity index (χ0) is 21.0. The summed E-state index contributed by atoms with van der Waals surface area (Å²) in [6, 6.07) is 17.9. The van der Waals surface area contributed by atoms with Crippen molar-refractivity contribution >= 4 is 33.2 Å². The molecule has 1 aromatic heterocycles. The van der Waals surface area contributed by atoms with Crippen molar-refractivity contribution in [3.8, 4) is 22.9 Å². The van der Waals surface area contributed by atoms with E-state index in [1.54, 1.807) is 16.7 Å². The Balaban J connectivity index is 2.18. The van der Waals surface area contributed by atoms with Crippen molar-refractivity contribution in [1.29, 1.82) is 5.26 Å². The summed E-state index contributed by atoms with van der Waals surface area (Å²) in [4.78, 5) is 0.00914. The van der Waals surface area contributed by atoms with Gasteiger partial charge in [-0.05, 0) is 49.0 Å². The molecule has 2 aromatic carbocycles. The summed E-state index contributed by atoms with van der Waals surface area (Å²) in [5.41, 5.74) is 2.68. The standard InChI is InChI=1S/C20H19N5O2S2/c1-2-23-20(28)24-19-17(12-21)18(14-6-4-3-5-7-14)13-25(19)15-8-10-16(11-9-15)29(22,26)27/h3-11,13H,2H2,1H3,(H2,22,26,27)(H2,23,24,28). The zero-order valence-corrected chi connectivity index (χ0v) is 17.2. The number of primary sulfonamides is 1. The predicted molar refractivity (Wildman–Crippen MR) is 117 cm³/mol. The molecule has 4 N–H and O–H groups in total. The maximum atomic E-state index is 11.5. The van der Waals surface area contributed by atoms with E-state index in [4.69, 9.17) is 17.4 Å². The Morgan fingerprint density at radius 2 is 1.83 bits per heavy atom. The molecule has 0 aliphatic rings. The highest BCUT2D eigenvalue weighted by Crippen LogP contribution is 2.33. The van der Waals surface area contributed by atoms with Crippen LogP contribution < -0.4 is 15.8 Å². The van der Waals surface area contributed by atoms with Gasteiger partial charge in [-0.25, -0.2) is 13.6 Å². The first-order valence-electron chi connectivity index (χ1n) is 8.74. The summed E-state index contributed by atoms with van der Waals surface area (Å²) in [6.07, 6.45) is 1.82. The van der Waals surface area contributed by atoms with Crippen molar-refractivity contribution in [2.45, 2.75) is 11.8 Å². The molecule has 0 aliphatic heterocycles. The Morgan fingerprint density at radius 3 is 2.38 bits per heavy atom. The Hall–Kier alpha value is -3.19. The first kappa shape index (κ1) is 20.5. The summed E-state index contributed by atoms with van der Waals surface area (Å²) < 4.78 is 24.9. The normalized spacial score (nSPS) is 10.9. The molecule has 1 heterocycles. The highest BCUT2D eigenvalue weighted by Gasteiger charge is 2.19. The number of nitrogens with zero attached hydrogens (tertiary/aromatic N) is 2. The summed E-state index contributed by atoms with van der Waals surface area (Å²) in [7, 11) is -3.80. The second-order valence-corrected chi connectivity index (χ2v) is 8.11. The van der Waals surface area contributed by atoms with Gasteiger partial charge in [0, 0.05) is 24.0 Å². The van der Waals surface area contributed by atoms with Gasteiger partial charge in [-0.1, -0.05) is 30.3 Å². The van der Waals surface area contributed by atoms with Crippen molar-refractivity contribution in [2.75, 3.05) is 11.9 Å². The number of benzene rings is 2. The number of rotatable bonds is 5. The van der Waals surface area contributed by atoms with Crippen molar-refractivity contribution in [3.63, 3.8) is 0 Å². The van der Waals surface area contributed by atoms with E-state index in [9.17, 15) is 13.7 Å². The van der Waals surface area contributed by atoms with Crippen LogP contribution in [-0.2, 0) is 10.0 Å². The van der Waals surface area contributed by atoms with Gasteiger partial charge in [0.05, 0.1) is 4.90 Å². The van der Waals surface area contributed by atoms with E-state index in [0.717, 1.165) is 11.1 Å². The fourth-order valence-electron chi connectivity index (χ4n) is 2.89. The molecule has 0 saturated carbocycles. The van der Waals surface area contributed by atoms with E-state index in [2.05, 4.69) is 16.7 Å². The molecule has 3 aromatic rings. The molecule has 3 rings (SSSR count). The first-order valence-corrected chi connectivity index (χ1v) is 10.7. The number of nitriles is 1. The van der Waals surface area contributed by atoms with E-state index >= 15 is 0 Å². The lowest BCUT2D eigenvalue weighted by atomic mass is 10.1. The van der Waals surface area contributed by atoms with Crippen LogP contribution in [-0.4, -0.2) is 24.6 Å². The Labute approximate surface area is 174 Å². The minimum absolute atomic E-state index is 0.00914. The van der Waals surface area contributed by atoms with Crippen molar-refractivity contribution < 1.29 is 8.42 Å². The molecule has 29 heavy (non-hydrogen) atoms. The number of sulfonamides is 1. The number of aromatic nitrogens is 1. The SMILES string of the molecule is CCNC(=S)Nc1c(C#N)c(-c2ccccc2)cn1-c1ccc(S(N)(=O)=O)cc1. The zero-order valence-electron chi connectivity index (χ0n) is 15.6. The summed E-state index contributed by atoms with van der Waals surface area (Å²) in [6.45, 7) is 2.54. The topological polar surface area (TPSA) is 113 Å². The first-order chi connectivity index (χ1) is 13.8. The van der Waals surface area contributed by atoms with Gasteiger partial charge < -0.3 is 15.2 Å². The molecule has 0 saturated heterocycles. The van der Waals surface area contributed by atoms with Gasteiger partial charge in [-0.15, -0.1) is 0 Å². The van der Waals surface area contributed by atoms with Crippen molar-refractivity contribution in [3.05, 3.63) is 66.4 Å². The smallest absolute Gasteiger partial charge is 0.238 e. The van der Waals surface area contributed by atoms with E-state index in [-0.39, 0.29) is 4.90 Å². The van der Waals surface area contributed by atoms with Crippen LogP contribution >= 0.6 is 12.2 Å². The van der Waals surface area contributed by atoms with Crippen LogP contribution in [0.5, 0.6) is 0 Å². The minimum Gasteiger partial charge on any atom is -0.363 e. The molecule has 0 fully saturated rings. The maximum Gasteiger partial charge on any atom is 0.238 e. The number of hydrogen-bond donors (Lipinski definition) is 3. The van der Waals surface area contributed by atoms with E-state index in [0.29, 0.717) is 28.7 Å². The fourth-order valence-corrected chi connectivity index (χ4v) is 3.65. The Bertz CT molecular complexity index is 1180. The maximum absolute atomic E-state index is 11.5. The molecule has 0 atom stereocenters. The molecular formula is C20H19N5O2S2. The molecule has 9 heteroatoms. The average Bonchev–Trinajstić information content (AvgIpc) is 3.06. The second-order valence-electron chi connectivity index (χ2n) is 6.14. The third kappa shape index (κ3) is 4.46. The number of anilines is 1. The van der Waals surface area contributed by atoms with E-state index in [1.807, 2.05) is 43.5 Å². The summed E-state index contributed by atoms with van der Waals surface area (Å²) >= 11 is 5.31. The number of nitrogens with two attached hydrogens (primary N) is 1. The highest BCUT2D eigenvalue weighted by atomic mass is 32.2. The van der Waals surface area contributed by atoms with Gasteiger partial charge >= 0.3 is 0 Å². The van der Waals surface area contributed by atoms with E-state index in [1.165, 1.54) is 12.1 Å². The quantitative estimate of drug-likeness (QED) is 0.542. The number of thiocarbonyl (C=S) groups is 1. The van der Waals surface area contributed by atoms with Crippen LogP contribution in [0, 0.1) is 11.3 Å². The van der Waals surface area contributed by atoms with Crippen LogP contribution in [0.25, 0.3) is 16.8 Å². The molecule has 0 amide bonds. The van der Waals surface area contributed by atoms with Crippen molar-refractivity contribution in [2.24, 2.45) is 5.14 Å². The number of hydrogen-bond acceptors (Lipinski definition) is 4. The lowest BCUT2D eigenvalue weighted by Gasteiger charge is -2.13. The minimum atomic E-state index is -3.80. The molecule has 7 nitrogen and oxygen atoms in total. The van der Waals surface area contributed by atoms with Gasteiger partial charge in [0.2, 0.25) is 10.0 Å². The lowest BCUT2D eigenvalue weighted by molar-refractivity contribution is 0.598.